The van der Waals surface area contributed by atoms with Crippen LogP contribution in [0.5, 0.6) is 0 Å². The van der Waals surface area contributed by atoms with Gasteiger partial charge >= 0.3 is 0 Å². The van der Waals surface area contributed by atoms with Crippen LogP contribution >= 0.6 is 0 Å². The van der Waals surface area contributed by atoms with Crippen molar-refractivity contribution in [2.24, 2.45) is 11.7 Å². The minimum Gasteiger partial charge on any atom is -0.466 e. The van der Waals surface area contributed by atoms with E-state index >= 15 is 0 Å². The highest BCUT2D eigenvalue weighted by atomic mass is 16.3. The quantitative estimate of drug-likeness (QED) is 0.825. The van der Waals surface area contributed by atoms with Crippen LogP contribution in [0.4, 0.5) is 0 Å². The smallest absolute Gasteiger partial charge is 0.234 e. The monoisotopic (exact) mass is 238 g/mol. The Morgan fingerprint density at radius 3 is 2.29 bits per heavy atom. The molecule has 0 saturated heterocycles. The molecule has 0 aliphatic heterocycles. The number of furan rings is 1. The molecule has 2 atom stereocenters. The van der Waals surface area contributed by atoms with Gasteiger partial charge in [-0.2, -0.15) is 0 Å². The molecule has 17 heavy (non-hydrogen) atoms. The van der Waals surface area contributed by atoms with Crippen LogP contribution in [0, 0.1) is 19.8 Å². The molecule has 0 fully saturated rings. The predicted molar refractivity (Wildman–Crippen MR) is 67.6 cm³/mol. The zero-order chi connectivity index (χ0) is 13.2. The Labute approximate surface area is 103 Å². The Morgan fingerprint density at radius 1 is 1.35 bits per heavy atom. The maximum atomic E-state index is 11.3. The third-order valence-corrected chi connectivity index (χ3v) is 2.95. The van der Waals surface area contributed by atoms with Gasteiger partial charge in [-0.05, 0) is 32.8 Å². The fraction of sp³-hybridized carbons (Fsp3) is 0.615. The van der Waals surface area contributed by atoms with E-state index in [0.29, 0.717) is 0 Å². The summed E-state index contributed by atoms with van der Waals surface area (Å²) in [6.45, 7) is 9.80. The number of nitrogens with one attached hydrogen (secondary N) is 1. The highest BCUT2D eigenvalue weighted by Gasteiger charge is 2.23. The molecule has 0 radical (unpaired) electrons. The first-order valence-electron chi connectivity index (χ1n) is 5.95. The molecule has 1 aromatic heterocycles. The standard InChI is InChI=1S/C13H22N2O2/c1-7(2)12(13(14)16)15-9(4)11-6-8(3)17-10(11)5/h6-7,9,12,15H,1-5H3,(H2,14,16). The number of amides is 1. The topological polar surface area (TPSA) is 68.3 Å². The summed E-state index contributed by atoms with van der Waals surface area (Å²) in [7, 11) is 0. The normalized spacial score (nSPS) is 14.9. The van der Waals surface area contributed by atoms with Crippen molar-refractivity contribution in [3.63, 3.8) is 0 Å². The van der Waals surface area contributed by atoms with E-state index in [1.807, 2.05) is 40.7 Å². The average molecular weight is 238 g/mol. The Kier molecular flexibility index (Phi) is 4.34. The predicted octanol–water partition coefficient (Wildman–Crippen LogP) is 2.06. The van der Waals surface area contributed by atoms with E-state index < -0.39 is 0 Å². The SMILES string of the molecule is Cc1cc(C(C)NC(C(N)=O)C(C)C)c(C)o1. The highest BCUT2D eigenvalue weighted by molar-refractivity contribution is 5.80. The molecule has 1 aromatic rings. The lowest BCUT2D eigenvalue weighted by Gasteiger charge is -2.23. The van der Waals surface area contributed by atoms with Crippen molar-refractivity contribution in [3.8, 4) is 0 Å². The fourth-order valence-corrected chi connectivity index (χ4v) is 2.04. The number of hydrogen-bond acceptors (Lipinski definition) is 3. The van der Waals surface area contributed by atoms with Crippen LogP contribution in [0.25, 0.3) is 0 Å². The van der Waals surface area contributed by atoms with Gasteiger partial charge in [0.2, 0.25) is 5.91 Å². The van der Waals surface area contributed by atoms with E-state index in [4.69, 9.17) is 10.2 Å². The van der Waals surface area contributed by atoms with E-state index in [2.05, 4.69) is 5.32 Å². The Balaban J connectivity index is 2.80. The van der Waals surface area contributed by atoms with Crippen molar-refractivity contribution in [2.45, 2.75) is 46.7 Å². The van der Waals surface area contributed by atoms with E-state index in [0.717, 1.165) is 17.1 Å². The molecule has 0 spiro atoms. The molecule has 0 aliphatic carbocycles. The molecule has 2 unspecified atom stereocenters. The first-order valence-corrected chi connectivity index (χ1v) is 5.95. The Hall–Kier alpha value is -1.29. The lowest BCUT2D eigenvalue weighted by Crippen LogP contribution is -2.45. The number of carbonyl (C=O) groups excluding carboxylic acids is 1. The van der Waals surface area contributed by atoms with Gasteiger partial charge in [0.15, 0.2) is 0 Å². The van der Waals surface area contributed by atoms with Crippen LogP contribution in [0.3, 0.4) is 0 Å². The van der Waals surface area contributed by atoms with Gasteiger partial charge in [-0.1, -0.05) is 13.8 Å². The van der Waals surface area contributed by atoms with E-state index in [9.17, 15) is 4.79 Å². The average Bonchev–Trinajstić information content (AvgIpc) is 2.53. The second-order valence-electron chi connectivity index (χ2n) is 4.88. The molecule has 1 amide bonds. The number of aryl methyl sites for hydroxylation is 2. The minimum absolute atomic E-state index is 0.0485. The second-order valence-corrected chi connectivity index (χ2v) is 4.88. The van der Waals surface area contributed by atoms with E-state index in [1.165, 1.54) is 0 Å². The number of nitrogens with two attached hydrogens (primary N) is 1. The summed E-state index contributed by atoms with van der Waals surface area (Å²) < 4.78 is 5.48. The molecule has 0 bridgehead atoms. The second kappa shape index (κ2) is 5.36. The van der Waals surface area contributed by atoms with Crippen molar-refractivity contribution < 1.29 is 9.21 Å². The third-order valence-electron chi connectivity index (χ3n) is 2.95. The number of primary amides is 1. The van der Waals surface area contributed by atoms with Gasteiger partial charge in [-0.15, -0.1) is 0 Å². The summed E-state index contributed by atoms with van der Waals surface area (Å²) in [6.07, 6.45) is 0. The van der Waals surface area contributed by atoms with Crippen LogP contribution in [-0.4, -0.2) is 11.9 Å². The van der Waals surface area contributed by atoms with Gasteiger partial charge in [-0.25, -0.2) is 0 Å². The zero-order valence-corrected chi connectivity index (χ0v) is 11.2. The largest absolute Gasteiger partial charge is 0.466 e. The summed E-state index contributed by atoms with van der Waals surface area (Å²) in [4.78, 5) is 11.3. The number of carbonyl (C=O) groups is 1. The van der Waals surface area contributed by atoms with Gasteiger partial charge in [0.05, 0.1) is 6.04 Å². The maximum Gasteiger partial charge on any atom is 0.234 e. The van der Waals surface area contributed by atoms with Gasteiger partial charge in [0.25, 0.3) is 0 Å². The third kappa shape index (κ3) is 3.33. The molecular formula is C13H22N2O2. The minimum atomic E-state index is -0.320. The van der Waals surface area contributed by atoms with Crippen LogP contribution < -0.4 is 11.1 Å². The zero-order valence-electron chi connectivity index (χ0n) is 11.2. The van der Waals surface area contributed by atoms with Crippen LogP contribution in [-0.2, 0) is 4.79 Å². The van der Waals surface area contributed by atoms with Gasteiger partial charge in [0, 0.05) is 11.6 Å². The van der Waals surface area contributed by atoms with Gasteiger partial charge in [-0.3, -0.25) is 10.1 Å². The summed E-state index contributed by atoms with van der Waals surface area (Å²) in [5, 5.41) is 3.25. The summed E-state index contributed by atoms with van der Waals surface area (Å²) in [6, 6.07) is 1.72. The van der Waals surface area contributed by atoms with Crippen molar-refractivity contribution in [2.75, 3.05) is 0 Å². The summed E-state index contributed by atoms with van der Waals surface area (Å²) in [5.41, 5.74) is 6.46. The van der Waals surface area contributed by atoms with Crippen LogP contribution in [0.2, 0.25) is 0 Å². The first-order chi connectivity index (χ1) is 7.82. The molecule has 1 heterocycles. The first kappa shape index (κ1) is 13.8. The van der Waals surface area contributed by atoms with Gasteiger partial charge in [0.1, 0.15) is 11.5 Å². The number of rotatable bonds is 5. The fourth-order valence-electron chi connectivity index (χ4n) is 2.04. The maximum absolute atomic E-state index is 11.3. The molecule has 96 valence electrons. The molecule has 1 rings (SSSR count). The molecule has 0 aromatic carbocycles. The lowest BCUT2D eigenvalue weighted by molar-refractivity contribution is -0.121. The van der Waals surface area contributed by atoms with Crippen molar-refractivity contribution in [1.29, 1.82) is 0 Å². The summed E-state index contributed by atoms with van der Waals surface area (Å²) in [5.74, 6) is 1.62. The summed E-state index contributed by atoms with van der Waals surface area (Å²) >= 11 is 0. The lowest BCUT2D eigenvalue weighted by atomic mass is 10.0. The Bertz CT molecular complexity index is 396. The molecule has 4 heteroatoms. The van der Waals surface area contributed by atoms with Crippen molar-refractivity contribution >= 4 is 5.91 Å². The van der Waals surface area contributed by atoms with E-state index in [-0.39, 0.29) is 23.9 Å². The molecule has 4 nitrogen and oxygen atoms in total. The van der Waals surface area contributed by atoms with E-state index in [1.54, 1.807) is 0 Å². The van der Waals surface area contributed by atoms with Crippen molar-refractivity contribution in [3.05, 3.63) is 23.2 Å². The highest BCUT2D eigenvalue weighted by Crippen LogP contribution is 2.22. The van der Waals surface area contributed by atoms with Crippen LogP contribution in [0.1, 0.15) is 43.9 Å². The molecular weight excluding hydrogens is 216 g/mol. The van der Waals surface area contributed by atoms with Crippen LogP contribution in [0.15, 0.2) is 10.5 Å². The molecule has 0 saturated carbocycles. The van der Waals surface area contributed by atoms with Gasteiger partial charge < -0.3 is 10.2 Å². The molecule has 3 N–H and O–H groups in total. The Morgan fingerprint density at radius 2 is 1.94 bits per heavy atom. The van der Waals surface area contributed by atoms with Crippen molar-refractivity contribution in [1.82, 2.24) is 5.32 Å². The molecule has 0 aliphatic rings. The number of hydrogen-bond donors (Lipinski definition) is 2.